The number of nitrogens with zero attached hydrogens (tertiary/aromatic N) is 2. The number of nitriles is 1. The van der Waals surface area contributed by atoms with Gasteiger partial charge in [-0.2, -0.15) is 5.26 Å². The maximum atomic E-state index is 9.00. The van der Waals surface area contributed by atoms with Gasteiger partial charge in [0.05, 0.1) is 11.7 Å². The van der Waals surface area contributed by atoms with Crippen molar-refractivity contribution in [2.75, 3.05) is 25.1 Å². The molecule has 0 aromatic heterocycles. The fourth-order valence-electron chi connectivity index (χ4n) is 2.43. The highest BCUT2D eigenvalue weighted by Crippen LogP contribution is 2.30. The Hall–Kier alpha value is -1.05. The maximum absolute atomic E-state index is 9.00. The molecule has 1 aliphatic heterocycles. The summed E-state index contributed by atoms with van der Waals surface area (Å²) < 4.78 is 6.26. The van der Waals surface area contributed by atoms with Crippen LogP contribution in [0.15, 0.2) is 16.6 Å². The molecule has 0 atom stereocenters. The highest BCUT2D eigenvalue weighted by Gasteiger charge is 2.20. The predicted octanol–water partition coefficient (Wildman–Crippen LogP) is 3.24. The molecular weight excluding hydrogens is 292 g/mol. The van der Waals surface area contributed by atoms with Gasteiger partial charge in [0.1, 0.15) is 6.07 Å². The lowest BCUT2D eigenvalue weighted by Crippen LogP contribution is -2.37. The molecule has 1 aromatic carbocycles. The second-order valence-electron chi connectivity index (χ2n) is 4.65. The number of piperidine rings is 1. The monoisotopic (exact) mass is 308 g/mol. The van der Waals surface area contributed by atoms with Crippen LogP contribution < -0.4 is 4.90 Å². The van der Waals surface area contributed by atoms with Gasteiger partial charge in [0.15, 0.2) is 0 Å². The number of halogens is 1. The molecule has 1 heterocycles. The zero-order valence-corrected chi connectivity index (χ0v) is 12.3. The number of benzene rings is 1. The van der Waals surface area contributed by atoms with Gasteiger partial charge in [-0.15, -0.1) is 0 Å². The van der Waals surface area contributed by atoms with Crippen molar-refractivity contribution in [1.29, 1.82) is 5.26 Å². The Morgan fingerprint density at radius 3 is 2.61 bits per heavy atom. The van der Waals surface area contributed by atoms with E-state index in [-0.39, 0.29) is 0 Å². The minimum absolute atomic E-state index is 0.392. The lowest BCUT2D eigenvalue weighted by Gasteiger charge is -2.34. The molecule has 0 N–H and O–H groups in total. The highest BCUT2D eigenvalue weighted by molar-refractivity contribution is 9.10. The first-order chi connectivity index (χ1) is 8.65. The summed E-state index contributed by atoms with van der Waals surface area (Å²) in [6.45, 7) is 4.08. The van der Waals surface area contributed by atoms with Crippen LogP contribution >= 0.6 is 15.9 Å². The SMILES string of the molecule is COC1CCN(c2cc(Br)c(C#N)cc2C)CC1. The number of ether oxygens (including phenoxy) is 1. The van der Waals surface area contributed by atoms with Crippen LogP contribution in [0.2, 0.25) is 0 Å². The van der Waals surface area contributed by atoms with Gasteiger partial charge >= 0.3 is 0 Å². The molecule has 2 rings (SSSR count). The van der Waals surface area contributed by atoms with Crippen molar-refractivity contribution < 1.29 is 4.74 Å². The summed E-state index contributed by atoms with van der Waals surface area (Å²) in [4.78, 5) is 2.37. The minimum Gasteiger partial charge on any atom is -0.381 e. The van der Waals surface area contributed by atoms with Gasteiger partial charge in [-0.3, -0.25) is 0 Å². The predicted molar refractivity (Wildman–Crippen MR) is 75.8 cm³/mol. The number of aryl methyl sites for hydroxylation is 1. The number of hydrogen-bond donors (Lipinski definition) is 0. The fraction of sp³-hybridized carbons (Fsp3) is 0.500. The molecule has 96 valence electrons. The first-order valence-electron chi connectivity index (χ1n) is 6.13. The number of hydrogen-bond acceptors (Lipinski definition) is 3. The molecule has 1 aromatic rings. The van der Waals surface area contributed by atoms with Crippen molar-refractivity contribution in [2.45, 2.75) is 25.9 Å². The third kappa shape index (κ3) is 2.68. The molecule has 18 heavy (non-hydrogen) atoms. The van der Waals surface area contributed by atoms with E-state index >= 15 is 0 Å². The molecule has 0 bridgehead atoms. The van der Waals surface area contributed by atoms with Crippen LogP contribution in [-0.4, -0.2) is 26.3 Å². The van der Waals surface area contributed by atoms with E-state index in [4.69, 9.17) is 10.00 Å². The van der Waals surface area contributed by atoms with E-state index in [1.54, 1.807) is 7.11 Å². The normalized spacial score (nSPS) is 16.7. The van der Waals surface area contributed by atoms with Crippen LogP contribution in [-0.2, 0) is 4.74 Å². The van der Waals surface area contributed by atoms with E-state index in [0.717, 1.165) is 36.0 Å². The Bertz CT molecular complexity index is 473. The van der Waals surface area contributed by atoms with Crippen molar-refractivity contribution in [2.24, 2.45) is 0 Å². The van der Waals surface area contributed by atoms with E-state index in [2.05, 4.69) is 39.9 Å². The van der Waals surface area contributed by atoms with Gasteiger partial charge in [0, 0.05) is 30.4 Å². The van der Waals surface area contributed by atoms with E-state index in [0.29, 0.717) is 11.7 Å². The molecule has 1 aliphatic rings. The molecule has 0 aliphatic carbocycles. The summed E-state index contributed by atoms with van der Waals surface area (Å²) >= 11 is 3.46. The summed E-state index contributed by atoms with van der Waals surface area (Å²) in [6, 6.07) is 6.20. The molecule has 0 saturated carbocycles. The van der Waals surface area contributed by atoms with Gasteiger partial charge in [-0.25, -0.2) is 0 Å². The largest absolute Gasteiger partial charge is 0.381 e. The molecule has 0 unspecified atom stereocenters. The average molecular weight is 309 g/mol. The van der Waals surface area contributed by atoms with E-state index in [9.17, 15) is 0 Å². The quantitative estimate of drug-likeness (QED) is 0.841. The minimum atomic E-state index is 0.392. The summed E-state index contributed by atoms with van der Waals surface area (Å²) in [5.41, 5.74) is 3.07. The average Bonchev–Trinajstić information content (AvgIpc) is 2.41. The topological polar surface area (TPSA) is 36.3 Å². The lowest BCUT2D eigenvalue weighted by molar-refractivity contribution is 0.0819. The van der Waals surface area contributed by atoms with E-state index in [1.807, 2.05) is 6.07 Å². The van der Waals surface area contributed by atoms with Crippen LogP contribution in [0.3, 0.4) is 0 Å². The van der Waals surface area contributed by atoms with Crippen molar-refractivity contribution >= 4 is 21.6 Å². The van der Waals surface area contributed by atoms with Gasteiger partial charge in [-0.1, -0.05) is 0 Å². The third-order valence-electron chi connectivity index (χ3n) is 3.52. The first kappa shape index (κ1) is 13.4. The molecule has 0 radical (unpaired) electrons. The Kier molecular flexibility index (Phi) is 4.26. The number of methoxy groups -OCH3 is 1. The van der Waals surface area contributed by atoms with Gasteiger partial charge in [0.2, 0.25) is 0 Å². The Morgan fingerprint density at radius 1 is 1.39 bits per heavy atom. The number of anilines is 1. The molecular formula is C14H17BrN2O. The van der Waals surface area contributed by atoms with E-state index < -0.39 is 0 Å². The molecule has 0 spiro atoms. The zero-order chi connectivity index (χ0) is 13.1. The van der Waals surface area contributed by atoms with Crippen molar-refractivity contribution in [1.82, 2.24) is 0 Å². The van der Waals surface area contributed by atoms with Gasteiger partial charge < -0.3 is 9.64 Å². The second kappa shape index (κ2) is 5.73. The maximum Gasteiger partial charge on any atom is 0.100 e. The molecule has 1 fully saturated rings. The standard InChI is InChI=1S/C14H17BrN2O/c1-10-7-11(9-16)13(15)8-14(10)17-5-3-12(18-2)4-6-17/h7-8,12H,3-6H2,1-2H3. The Balaban J connectivity index is 2.20. The lowest BCUT2D eigenvalue weighted by atomic mass is 10.0. The summed E-state index contributed by atoms with van der Waals surface area (Å²) in [7, 11) is 1.78. The van der Waals surface area contributed by atoms with Gasteiger partial charge in [-0.05, 0) is 53.4 Å². The van der Waals surface area contributed by atoms with Crippen molar-refractivity contribution in [3.05, 3.63) is 27.7 Å². The van der Waals surface area contributed by atoms with Crippen molar-refractivity contribution in [3.8, 4) is 6.07 Å². The van der Waals surface area contributed by atoms with Gasteiger partial charge in [0.25, 0.3) is 0 Å². The molecule has 0 amide bonds. The van der Waals surface area contributed by atoms with Crippen molar-refractivity contribution in [3.63, 3.8) is 0 Å². The molecule has 1 saturated heterocycles. The summed E-state index contributed by atoms with van der Waals surface area (Å²) in [5.74, 6) is 0. The summed E-state index contributed by atoms with van der Waals surface area (Å²) in [5, 5.41) is 9.00. The Labute approximate surface area is 116 Å². The smallest absolute Gasteiger partial charge is 0.100 e. The van der Waals surface area contributed by atoms with Crippen LogP contribution in [0.4, 0.5) is 5.69 Å². The summed E-state index contributed by atoms with van der Waals surface area (Å²) in [6.07, 6.45) is 2.52. The van der Waals surface area contributed by atoms with Crippen LogP contribution in [0, 0.1) is 18.3 Å². The highest BCUT2D eigenvalue weighted by atomic mass is 79.9. The van der Waals surface area contributed by atoms with Crippen LogP contribution in [0.1, 0.15) is 24.0 Å². The first-order valence-corrected chi connectivity index (χ1v) is 6.93. The second-order valence-corrected chi connectivity index (χ2v) is 5.51. The van der Waals surface area contributed by atoms with E-state index in [1.165, 1.54) is 5.69 Å². The third-order valence-corrected chi connectivity index (χ3v) is 4.18. The fourth-order valence-corrected chi connectivity index (χ4v) is 2.85. The molecule has 4 heteroatoms. The van der Waals surface area contributed by atoms with Crippen LogP contribution in [0.25, 0.3) is 0 Å². The molecule has 3 nitrogen and oxygen atoms in total. The van der Waals surface area contributed by atoms with Crippen LogP contribution in [0.5, 0.6) is 0 Å². The number of rotatable bonds is 2. The Morgan fingerprint density at radius 2 is 2.06 bits per heavy atom. The zero-order valence-electron chi connectivity index (χ0n) is 10.7.